The minimum atomic E-state index is -4.86. The standard InChI is InChI=1S/C20H21F3O3S/c21-20(22,23)18(26)11-17-19(14-6-1-2-7-16(14)27-17)15(25)9-8-12-4-3-5-13(24)10-12/h3-5,10,17,19,24H,1-2,6-9,11H2. The van der Waals surface area contributed by atoms with Crippen LogP contribution in [0.15, 0.2) is 34.7 Å². The monoisotopic (exact) mass is 398 g/mol. The number of ketones is 2. The Hall–Kier alpha value is -1.76. The zero-order valence-electron chi connectivity index (χ0n) is 14.7. The maximum Gasteiger partial charge on any atom is 0.450 e. The topological polar surface area (TPSA) is 54.4 Å². The van der Waals surface area contributed by atoms with Crippen LogP contribution < -0.4 is 0 Å². The largest absolute Gasteiger partial charge is 0.508 e. The third-order valence-electron chi connectivity index (χ3n) is 5.12. The molecule has 1 aliphatic carbocycles. The summed E-state index contributed by atoms with van der Waals surface area (Å²) >= 11 is 1.30. The minimum Gasteiger partial charge on any atom is -0.508 e. The van der Waals surface area contributed by atoms with Crippen molar-refractivity contribution in [2.45, 2.75) is 56.4 Å². The molecule has 0 radical (unpaired) electrons. The first-order chi connectivity index (χ1) is 12.8. The van der Waals surface area contributed by atoms with Crippen molar-refractivity contribution in [3.63, 3.8) is 0 Å². The Labute approximate surface area is 160 Å². The molecular formula is C20H21F3O3S. The molecule has 27 heavy (non-hydrogen) atoms. The molecule has 3 nitrogen and oxygen atoms in total. The number of allylic oxidation sites excluding steroid dienone is 2. The first-order valence-electron chi connectivity index (χ1n) is 9.05. The zero-order valence-corrected chi connectivity index (χ0v) is 15.5. The average molecular weight is 398 g/mol. The van der Waals surface area contributed by atoms with E-state index < -0.39 is 29.5 Å². The van der Waals surface area contributed by atoms with Gasteiger partial charge in [0.15, 0.2) is 0 Å². The fourth-order valence-electron chi connectivity index (χ4n) is 3.83. The van der Waals surface area contributed by atoms with Gasteiger partial charge >= 0.3 is 6.18 Å². The molecule has 1 heterocycles. The molecule has 0 saturated carbocycles. The molecule has 1 aromatic rings. The second kappa shape index (κ2) is 8.09. The fraction of sp³-hybridized carbons (Fsp3) is 0.500. The van der Waals surface area contributed by atoms with Gasteiger partial charge < -0.3 is 5.11 Å². The number of alkyl halides is 3. The van der Waals surface area contributed by atoms with E-state index in [4.69, 9.17) is 0 Å². The van der Waals surface area contributed by atoms with Gasteiger partial charge in [0.1, 0.15) is 11.5 Å². The highest BCUT2D eigenvalue weighted by atomic mass is 32.2. The number of Topliss-reactive ketones (excluding diaryl/α,β-unsaturated/α-hetero) is 2. The molecule has 0 aromatic heterocycles. The highest BCUT2D eigenvalue weighted by molar-refractivity contribution is 8.04. The van der Waals surface area contributed by atoms with Gasteiger partial charge in [-0.2, -0.15) is 13.2 Å². The molecule has 2 atom stereocenters. The van der Waals surface area contributed by atoms with Crippen LogP contribution in [0.1, 0.15) is 44.1 Å². The van der Waals surface area contributed by atoms with E-state index in [1.807, 2.05) is 0 Å². The number of aryl methyl sites for hydroxylation is 1. The van der Waals surface area contributed by atoms with E-state index in [1.165, 1.54) is 17.8 Å². The highest BCUT2D eigenvalue weighted by Crippen LogP contribution is 2.51. The fourth-order valence-corrected chi connectivity index (χ4v) is 5.53. The lowest BCUT2D eigenvalue weighted by atomic mass is 9.81. The quantitative estimate of drug-likeness (QED) is 0.735. The van der Waals surface area contributed by atoms with Crippen LogP contribution in [0, 0.1) is 5.92 Å². The van der Waals surface area contributed by atoms with E-state index in [2.05, 4.69) is 0 Å². The van der Waals surface area contributed by atoms with Crippen molar-refractivity contribution in [1.29, 1.82) is 0 Å². The van der Waals surface area contributed by atoms with Crippen LogP contribution >= 0.6 is 11.8 Å². The van der Waals surface area contributed by atoms with Crippen molar-refractivity contribution in [3.05, 3.63) is 40.3 Å². The normalized spacial score (nSPS) is 22.6. The number of hydrogen-bond donors (Lipinski definition) is 1. The highest BCUT2D eigenvalue weighted by Gasteiger charge is 2.46. The molecular weight excluding hydrogens is 377 g/mol. The van der Waals surface area contributed by atoms with Crippen LogP contribution in [-0.2, 0) is 16.0 Å². The van der Waals surface area contributed by atoms with E-state index >= 15 is 0 Å². The third kappa shape index (κ3) is 4.75. The summed E-state index contributed by atoms with van der Waals surface area (Å²) in [7, 11) is 0. The Morgan fingerprint density at radius 2 is 1.93 bits per heavy atom. The van der Waals surface area contributed by atoms with Crippen LogP contribution in [0.4, 0.5) is 13.2 Å². The van der Waals surface area contributed by atoms with Crippen molar-refractivity contribution in [1.82, 2.24) is 0 Å². The summed E-state index contributed by atoms with van der Waals surface area (Å²) in [5.41, 5.74) is 1.75. The summed E-state index contributed by atoms with van der Waals surface area (Å²) in [5.74, 6) is -2.36. The molecule has 0 saturated heterocycles. The molecule has 7 heteroatoms. The number of carbonyl (C=O) groups is 2. The second-order valence-corrected chi connectivity index (χ2v) is 8.38. The number of carbonyl (C=O) groups excluding carboxylic acids is 2. The molecule has 0 spiro atoms. The van der Waals surface area contributed by atoms with Gasteiger partial charge in [0.25, 0.3) is 0 Å². The molecule has 1 aromatic carbocycles. The van der Waals surface area contributed by atoms with Gasteiger partial charge in [-0.05, 0) is 60.3 Å². The van der Waals surface area contributed by atoms with Crippen LogP contribution in [0.3, 0.4) is 0 Å². The molecule has 1 N–H and O–H groups in total. The maximum atomic E-state index is 12.9. The number of aromatic hydroxyl groups is 1. The lowest BCUT2D eigenvalue weighted by molar-refractivity contribution is -0.171. The minimum absolute atomic E-state index is 0.113. The van der Waals surface area contributed by atoms with Gasteiger partial charge in [-0.3, -0.25) is 9.59 Å². The summed E-state index contributed by atoms with van der Waals surface area (Å²) < 4.78 is 38.2. The lowest BCUT2D eigenvalue weighted by Gasteiger charge is -2.22. The van der Waals surface area contributed by atoms with Crippen molar-refractivity contribution in [3.8, 4) is 5.75 Å². The van der Waals surface area contributed by atoms with Gasteiger partial charge in [0.05, 0.1) is 5.92 Å². The van der Waals surface area contributed by atoms with E-state index in [1.54, 1.807) is 18.2 Å². The Bertz CT molecular complexity index is 770. The number of halogens is 3. The smallest absolute Gasteiger partial charge is 0.450 e. The summed E-state index contributed by atoms with van der Waals surface area (Å²) in [6.45, 7) is 0. The molecule has 0 amide bonds. The number of phenols is 1. The van der Waals surface area contributed by atoms with Crippen molar-refractivity contribution in [2.24, 2.45) is 5.92 Å². The summed E-state index contributed by atoms with van der Waals surface area (Å²) in [6, 6.07) is 6.60. The zero-order chi connectivity index (χ0) is 19.6. The number of rotatable bonds is 6. The molecule has 146 valence electrons. The molecule has 0 bridgehead atoms. The lowest BCUT2D eigenvalue weighted by Crippen LogP contribution is -2.32. The van der Waals surface area contributed by atoms with Crippen LogP contribution in [0.25, 0.3) is 0 Å². The Morgan fingerprint density at radius 3 is 2.63 bits per heavy atom. The number of phenolic OH excluding ortho intramolecular Hbond substituents is 1. The van der Waals surface area contributed by atoms with Gasteiger partial charge in [-0.25, -0.2) is 0 Å². The van der Waals surface area contributed by atoms with Crippen molar-refractivity contribution in [2.75, 3.05) is 0 Å². The van der Waals surface area contributed by atoms with E-state index in [9.17, 15) is 27.9 Å². The van der Waals surface area contributed by atoms with Crippen LogP contribution in [0.2, 0.25) is 0 Å². The van der Waals surface area contributed by atoms with Gasteiger partial charge in [0, 0.05) is 18.1 Å². The van der Waals surface area contributed by atoms with Crippen LogP contribution in [0.5, 0.6) is 5.75 Å². The Kier molecular flexibility index (Phi) is 5.99. The maximum absolute atomic E-state index is 12.9. The summed E-state index contributed by atoms with van der Waals surface area (Å²) in [6.07, 6.45) is -1.51. The second-order valence-electron chi connectivity index (χ2n) is 7.05. The first-order valence-corrected chi connectivity index (χ1v) is 9.93. The van der Waals surface area contributed by atoms with Crippen LogP contribution in [-0.4, -0.2) is 28.1 Å². The molecule has 2 unspecified atom stereocenters. The Morgan fingerprint density at radius 1 is 1.19 bits per heavy atom. The van der Waals surface area contributed by atoms with Gasteiger partial charge in [-0.1, -0.05) is 12.1 Å². The van der Waals surface area contributed by atoms with E-state index in [0.29, 0.717) is 6.42 Å². The first kappa shape index (κ1) is 20.0. The predicted molar refractivity (Wildman–Crippen MR) is 97.5 cm³/mol. The molecule has 0 fully saturated rings. The number of hydrogen-bond acceptors (Lipinski definition) is 4. The van der Waals surface area contributed by atoms with Gasteiger partial charge in [-0.15, -0.1) is 11.8 Å². The summed E-state index contributed by atoms with van der Waals surface area (Å²) in [5, 5.41) is 8.87. The van der Waals surface area contributed by atoms with Crippen molar-refractivity contribution >= 4 is 23.3 Å². The third-order valence-corrected chi connectivity index (χ3v) is 6.61. The SMILES string of the molecule is O=C(CCc1cccc(O)c1)C1C2=C(CCCC2)SC1CC(=O)C(F)(F)F. The molecule has 2 aliphatic rings. The van der Waals surface area contributed by atoms with Crippen molar-refractivity contribution < 1.29 is 27.9 Å². The van der Waals surface area contributed by atoms with E-state index in [0.717, 1.165) is 41.7 Å². The summed E-state index contributed by atoms with van der Waals surface area (Å²) in [4.78, 5) is 25.4. The van der Waals surface area contributed by atoms with Gasteiger partial charge in [0.2, 0.25) is 5.78 Å². The molecule has 1 aliphatic heterocycles. The number of thioether (sulfide) groups is 1. The molecule has 3 rings (SSSR count). The average Bonchev–Trinajstić information content (AvgIpc) is 2.97. The predicted octanol–water partition coefficient (Wildman–Crippen LogP) is 4.98. The van der Waals surface area contributed by atoms with E-state index in [-0.39, 0.29) is 18.0 Å². The number of benzene rings is 1. The Balaban J connectivity index is 1.73.